The molecule has 1 N–H and O–H groups in total. The minimum Gasteiger partial charge on any atom is -0.384 e. The van der Waals surface area contributed by atoms with Crippen molar-refractivity contribution in [1.29, 1.82) is 5.26 Å². The lowest BCUT2D eigenvalue weighted by Gasteiger charge is -2.20. The Kier molecular flexibility index (Phi) is 6.32. The van der Waals surface area contributed by atoms with Crippen LogP contribution in [0.1, 0.15) is 18.9 Å². The van der Waals surface area contributed by atoms with E-state index in [4.69, 9.17) is 10.4 Å². The summed E-state index contributed by atoms with van der Waals surface area (Å²) < 4.78 is 39.5. The fourth-order valence-corrected chi connectivity index (χ4v) is 3.30. The van der Waals surface area contributed by atoms with Crippen molar-refractivity contribution in [2.45, 2.75) is 18.2 Å². The summed E-state index contributed by atoms with van der Waals surface area (Å²) >= 11 is 0. The molecular weight excluding hydrogens is 295 g/mol. The zero-order valence-electron chi connectivity index (χ0n) is 11.5. The summed E-state index contributed by atoms with van der Waals surface area (Å²) in [6.45, 7) is 1.44. The molecule has 21 heavy (non-hydrogen) atoms. The molecule has 1 aromatic carbocycles. The molecule has 0 saturated carbocycles. The van der Waals surface area contributed by atoms with E-state index in [2.05, 4.69) is 11.8 Å². The van der Waals surface area contributed by atoms with Crippen molar-refractivity contribution in [3.8, 4) is 17.9 Å². The first-order chi connectivity index (χ1) is 9.97. The molecule has 0 radical (unpaired) electrons. The maximum Gasteiger partial charge on any atom is 0.244 e. The van der Waals surface area contributed by atoms with Crippen LogP contribution in [0.4, 0.5) is 4.39 Å². The highest BCUT2D eigenvalue weighted by Gasteiger charge is 2.25. The van der Waals surface area contributed by atoms with Gasteiger partial charge in [0.15, 0.2) is 0 Å². The van der Waals surface area contributed by atoms with Gasteiger partial charge in [-0.05, 0) is 18.2 Å². The molecule has 1 rings (SSSR count). The lowest BCUT2D eigenvalue weighted by Crippen LogP contribution is -2.32. The van der Waals surface area contributed by atoms with Gasteiger partial charge in [0.1, 0.15) is 12.4 Å². The Bertz CT molecular complexity index is 699. The summed E-state index contributed by atoms with van der Waals surface area (Å²) in [5, 5.41) is 17.3. The Morgan fingerprint density at radius 2 is 2.14 bits per heavy atom. The zero-order valence-corrected chi connectivity index (χ0v) is 12.3. The summed E-state index contributed by atoms with van der Waals surface area (Å²) in [4.78, 5) is -0.135. The van der Waals surface area contributed by atoms with Gasteiger partial charge in [0.25, 0.3) is 0 Å². The predicted molar refractivity (Wildman–Crippen MR) is 75.0 cm³/mol. The summed E-state index contributed by atoms with van der Waals surface area (Å²) in [5.41, 5.74) is -0.0144. The van der Waals surface area contributed by atoms with Gasteiger partial charge in [0.05, 0.1) is 11.0 Å². The monoisotopic (exact) mass is 310 g/mol. The van der Waals surface area contributed by atoms with Crippen LogP contribution in [0, 0.1) is 29.0 Å². The van der Waals surface area contributed by atoms with Gasteiger partial charge >= 0.3 is 0 Å². The molecule has 0 aliphatic heterocycles. The molecule has 0 saturated heterocycles. The highest BCUT2D eigenvalue weighted by Crippen LogP contribution is 2.21. The molecule has 112 valence electrons. The Balaban J connectivity index is 3.33. The van der Waals surface area contributed by atoms with Crippen molar-refractivity contribution in [1.82, 2.24) is 4.31 Å². The first-order valence-electron chi connectivity index (χ1n) is 6.23. The molecule has 1 aromatic rings. The fourth-order valence-electron chi connectivity index (χ4n) is 1.72. The Hall–Kier alpha value is -1.93. The highest BCUT2D eigenvalue weighted by atomic mass is 32.2. The van der Waals surface area contributed by atoms with Crippen LogP contribution in [0.5, 0.6) is 0 Å². The van der Waals surface area contributed by atoms with Crippen molar-refractivity contribution >= 4 is 10.0 Å². The average Bonchev–Trinajstić information content (AvgIpc) is 2.45. The molecule has 0 amide bonds. The number of nitrogens with zero attached hydrogens (tertiary/aromatic N) is 2. The number of aliphatic hydroxyl groups is 1. The molecular formula is C14H15FN2O3S. The number of hydrogen-bond donors (Lipinski definition) is 1. The van der Waals surface area contributed by atoms with Gasteiger partial charge in [-0.25, -0.2) is 12.8 Å². The number of sulfonamides is 1. The standard InChI is InChI=1S/C14H15FN2O3S/c1-2-17(9-4-8-16)21(19,20)14-7-6-13(15)11-12(14)5-3-10-18/h6-7,11,18H,2,4,9-10H2,1H3. The van der Waals surface area contributed by atoms with E-state index in [1.807, 2.05) is 6.07 Å². The normalized spacial score (nSPS) is 10.8. The zero-order chi connectivity index (χ0) is 15.9. The summed E-state index contributed by atoms with van der Waals surface area (Å²) in [6.07, 6.45) is 0.0614. The summed E-state index contributed by atoms with van der Waals surface area (Å²) in [6, 6.07) is 5.07. The van der Waals surface area contributed by atoms with E-state index >= 15 is 0 Å². The lowest BCUT2D eigenvalue weighted by molar-refractivity contribution is 0.350. The minimum atomic E-state index is -3.87. The number of hydrogen-bond acceptors (Lipinski definition) is 4. The van der Waals surface area contributed by atoms with Gasteiger partial charge in [-0.15, -0.1) is 0 Å². The third kappa shape index (κ3) is 4.27. The second kappa shape index (κ2) is 7.75. The van der Waals surface area contributed by atoms with Crippen LogP contribution in [0.2, 0.25) is 0 Å². The topological polar surface area (TPSA) is 81.4 Å². The quantitative estimate of drug-likeness (QED) is 0.826. The maximum atomic E-state index is 13.3. The number of halogens is 1. The Morgan fingerprint density at radius 1 is 1.43 bits per heavy atom. The predicted octanol–water partition coefficient (Wildman–Crippen LogP) is 1.09. The van der Waals surface area contributed by atoms with Crippen molar-refractivity contribution in [3.63, 3.8) is 0 Å². The molecule has 0 bridgehead atoms. The van der Waals surface area contributed by atoms with Gasteiger partial charge in [-0.3, -0.25) is 0 Å². The van der Waals surface area contributed by atoms with Crippen molar-refractivity contribution in [2.75, 3.05) is 19.7 Å². The summed E-state index contributed by atoms with van der Waals surface area (Å²) in [5.74, 6) is 4.13. The van der Waals surface area contributed by atoms with Gasteiger partial charge in [-0.1, -0.05) is 18.8 Å². The van der Waals surface area contributed by atoms with E-state index in [0.717, 1.165) is 22.5 Å². The highest BCUT2D eigenvalue weighted by molar-refractivity contribution is 7.89. The smallest absolute Gasteiger partial charge is 0.244 e. The van der Waals surface area contributed by atoms with Crippen molar-refractivity contribution in [2.24, 2.45) is 0 Å². The third-order valence-electron chi connectivity index (χ3n) is 2.69. The SMILES string of the molecule is CCN(CCC#N)S(=O)(=O)c1ccc(F)cc1C#CCO. The molecule has 0 aliphatic carbocycles. The first kappa shape index (κ1) is 17.1. The number of rotatable bonds is 5. The third-order valence-corrected chi connectivity index (χ3v) is 4.72. The first-order valence-corrected chi connectivity index (χ1v) is 7.67. The number of aliphatic hydroxyl groups excluding tert-OH is 1. The molecule has 0 heterocycles. The van der Waals surface area contributed by atoms with E-state index in [0.29, 0.717) is 0 Å². The minimum absolute atomic E-state index is 0.0144. The van der Waals surface area contributed by atoms with Crippen molar-refractivity contribution in [3.05, 3.63) is 29.6 Å². The maximum absolute atomic E-state index is 13.3. The van der Waals surface area contributed by atoms with Crippen LogP contribution >= 0.6 is 0 Å². The van der Waals surface area contributed by atoms with Gasteiger partial charge < -0.3 is 5.11 Å². The van der Waals surface area contributed by atoms with Crippen LogP contribution in [0.15, 0.2) is 23.1 Å². The molecule has 7 heteroatoms. The molecule has 5 nitrogen and oxygen atoms in total. The van der Waals surface area contributed by atoms with Crippen LogP contribution in [0.25, 0.3) is 0 Å². The van der Waals surface area contributed by atoms with Gasteiger partial charge in [0, 0.05) is 25.1 Å². The molecule has 0 unspecified atom stereocenters. The Labute approximate surface area is 123 Å². The molecule has 0 fully saturated rings. The second-order valence-corrected chi connectivity index (χ2v) is 5.91. The Morgan fingerprint density at radius 3 is 2.71 bits per heavy atom. The van der Waals surface area contributed by atoms with Gasteiger partial charge in [-0.2, -0.15) is 9.57 Å². The van der Waals surface area contributed by atoms with Gasteiger partial charge in [0.2, 0.25) is 10.0 Å². The largest absolute Gasteiger partial charge is 0.384 e. The van der Waals surface area contributed by atoms with E-state index in [-0.39, 0.29) is 30.0 Å². The van der Waals surface area contributed by atoms with Crippen LogP contribution < -0.4 is 0 Å². The van der Waals surface area contributed by atoms with E-state index < -0.39 is 22.4 Å². The molecule has 0 atom stereocenters. The van der Waals surface area contributed by atoms with E-state index in [1.165, 1.54) is 0 Å². The van der Waals surface area contributed by atoms with Crippen LogP contribution in [-0.4, -0.2) is 37.5 Å². The average molecular weight is 310 g/mol. The van der Waals surface area contributed by atoms with Crippen LogP contribution in [-0.2, 0) is 10.0 Å². The number of benzene rings is 1. The summed E-state index contributed by atoms with van der Waals surface area (Å²) in [7, 11) is -3.87. The van der Waals surface area contributed by atoms with E-state index in [1.54, 1.807) is 6.92 Å². The molecule has 0 aliphatic rings. The molecule has 0 spiro atoms. The fraction of sp³-hybridized carbons (Fsp3) is 0.357. The second-order valence-electron chi connectivity index (χ2n) is 4.01. The lowest BCUT2D eigenvalue weighted by atomic mass is 10.2. The molecule has 0 aromatic heterocycles. The van der Waals surface area contributed by atoms with Crippen molar-refractivity contribution < 1.29 is 17.9 Å². The van der Waals surface area contributed by atoms with E-state index in [9.17, 15) is 12.8 Å². The number of nitriles is 1. The van der Waals surface area contributed by atoms with Crippen LogP contribution in [0.3, 0.4) is 0 Å².